The molecule has 43 heavy (non-hydrogen) atoms. The standard InChI is InChI=1S/C36H46N4O3/c1-9-34(3,4)24-30(26-16-12-10-13-17-26)35(5,6)36(7,8)33(43)38-28-20-22-29(23-21-28)39-40-31(25(2)41)32(42)37-27-18-14-11-15-19-27/h10-23,30,41H,9,24H2,1-8H3,(H,37,42)(H,38,43)/b31-25+,40-39?. The highest BCUT2D eigenvalue weighted by Crippen LogP contribution is 2.53. The summed E-state index contributed by atoms with van der Waals surface area (Å²) in [6.07, 6.45) is 2.01. The number of anilines is 2. The number of benzene rings is 3. The summed E-state index contributed by atoms with van der Waals surface area (Å²) in [5.74, 6) is -0.716. The summed E-state index contributed by atoms with van der Waals surface area (Å²) in [6, 6.07) is 26.3. The Morgan fingerprint density at radius 3 is 1.86 bits per heavy atom. The average Bonchev–Trinajstić information content (AvgIpc) is 2.97. The summed E-state index contributed by atoms with van der Waals surface area (Å²) in [6.45, 7) is 16.6. The minimum Gasteiger partial charge on any atom is -0.510 e. The molecular formula is C36H46N4O3. The predicted octanol–water partition coefficient (Wildman–Crippen LogP) is 9.80. The number of carbonyl (C=O) groups excluding carboxylic acids is 2. The molecule has 7 heteroatoms. The van der Waals surface area contributed by atoms with Crippen molar-refractivity contribution in [1.82, 2.24) is 0 Å². The summed E-state index contributed by atoms with van der Waals surface area (Å²) in [5.41, 5.74) is 1.78. The summed E-state index contributed by atoms with van der Waals surface area (Å²) in [4.78, 5) is 26.4. The Bertz CT molecular complexity index is 1440. The van der Waals surface area contributed by atoms with Gasteiger partial charge in [0.15, 0.2) is 5.70 Å². The average molecular weight is 583 g/mol. The highest BCUT2D eigenvalue weighted by Gasteiger charge is 2.49. The van der Waals surface area contributed by atoms with Crippen LogP contribution in [0.25, 0.3) is 0 Å². The molecule has 0 bridgehead atoms. The molecule has 0 aliphatic rings. The molecule has 3 rings (SSSR count). The zero-order valence-corrected chi connectivity index (χ0v) is 26.7. The van der Waals surface area contributed by atoms with Gasteiger partial charge in [-0.3, -0.25) is 9.59 Å². The van der Waals surface area contributed by atoms with Crippen molar-refractivity contribution in [1.29, 1.82) is 0 Å². The van der Waals surface area contributed by atoms with E-state index < -0.39 is 11.3 Å². The zero-order valence-electron chi connectivity index (χ0n) is 26.7. The summed E-state index contributed by atoms with van der Waals surface area (Å²) < 4.78 is 0. The van der Waals surface area contributed by atoms with Crippen molar-refractivity contribution in [2.24, 2.45) is 26.5 Å². The zero-order chi connectivity index (χ0) is 31.8. The normalized spacial score (nSPS) is 13.8. The van der Waals surface area contributed by atoms with E-state index in [0.29, 0.717) is 17.1 Å². The fourth-order valence-corrected chi connectivity index (χ4v) is 4.90. The molecule has 0 aromatic heterocycles. The molecule has 0 saturated carbocycles. The van der Waals surface area contributed by atoms with Crippen LogP contribution in [0.1, 0.15) is 79.7 Å². The maximum atomic E-state index is 13.8. The van der Waals surface area contributed by atoms with Crippen LogP contribution in [0.5, 0.6) is 0 Å². The first-order valence-corrected chi connectivity index (χ1v) is 14.8. The number of para-hydroxylation sites is 1. The summed E-state index contributed by atoms with van der Waals surface area (Å²) in [7, 11) is 0. The topological polar surface area (TPSA) is 103 Å². The van der Waals surface area contributed by atoms with Gasteiger partial charge in [-0.2, -0.15) is 5.11 Å². The minimum absolute atomic E-state index is 0.0687. The van der Waals surface area contributed by atoms with Crippen molar-refractivity contribution >= 4 is 28.9 Å². The Labute approximate surface area is 256 Å². The number of nitrogens with one attached hydrogen (secondary N) is 2. The Morgan fingerprint density at radius 2 is 1.33 bits per heavy atom. The van der Waals surface area contributed by atoms with Crippen LogP contribution in [0.2, 0.25) is 0 Å². The van der Waals surface area contributed by atoms with Gasteiger partial charge in [-0.1, -0.05) is 103 Å². The molecule has 3 N–H and O–H groups in total. The molecule has 0 saturated heterocycles. The molecule has 7 nitrogen and oxygen atoms in total. The quantitative estimate of drug-likeness (QED) is 0.112. The number of amides is 2. The number of aliphatic hydroxyl groups excluding tert-OH is 1. The van der Waals surface area contributed by atoms with Crippen molar-refractivity contribution in [3.05, 3.63) is 102 Å². The lowest BCUT2D eigenvalue weighted by Crippen LogP contribution is -2.47. The molecule has 0 aliphatic carbocycles. The van der Waals surface area contributed by atoms with Gasteiger partial charge in [0, 0.05) is 16.8 Å². The Hall–Kier alpha value is -4.26. The fourth-order valence-electron chi connectivity index (χ4n) is 4.90. The Morgan fingerprint density at radius 1 is 0.791 bits per heavy atom. The third-order valence-corrected chi connectivity index (χ3v) is 8.95. The van der Waals surface area contributed by atoms with Gasteiger partial charge >= 0.3 is 0 Å². The van der Waals surface area contributed by atoms with Crippen molar-refractivity contribution in [3.8, 4) is 0 Å². The number of hydrogen-bond donors (Lipinski definition) is 3. The second kappa shape index (κ2) is 13.8. The fraction of sp³-hybridized carbons (Fsp3) is 0.389. The van der Waals surface area contributed by atoms with E-state index in [2.05, 4.69) is 79.7 Å². The van der Waals surface area contributed by atoms with Crippen molar-refractivity contribution in [3.63, 3.8) is 0 Å². The second-order valence-electron chi connectivity index (χ2n) is 13.0. The first-order valence-electron chi connectivity index (χ1n) is 14.8. The highest BCUT2D eigenvalue weighted by atomic mass is 16.3. The van der Waals surface area contributed by atoms with Crippen LogP contribution >= 0.6 is 0 Å². The van der Waals surface area contributed by atoms with Crippen LogP contribution < -0.4 is 10.6 Å². The first-order chi connectivity index (χ1) is 20.2. The van der Waals surface area contributed by atoms with Gasteiger partial charge < -0.3 is 15.7 Å². The highest BCUT2D eigenvalue weighted by molar-refractivity contribution is 6.03. The number of azo groups is 1. The predicted molar refractivity (Wildman–Crippen MR) is 175 cm³/mol. The van der Waals surface area contributed by atoms with Crippen molar-refractivity contribution in [2.75, 3.05) is 10.6 Å². The first kappa shape index (κ1) is 33.2. The van der Waals surface area contributed by atoms with Crippen molar-refractivity contribution < 1.29 is 14.7 Å². The molecule has 0 aliphatic heterocycles. The molecule has 0 spiro atoms. The number of carbonyl (C=O) groups is 2. The van der Waals surface area contributed by atoms with E-state index in [0.717, 1.165) is 12.8 Å². The Balaban J connectivity index is 1.76. The van der Waals surface area contributed by atoms with Crippen LogP contribution in [0, 0.1) is 16.2 Å². The number of allylic oxidation sites excluding steroid dienone is 1. The SMILES string of the molecule is CCC(C)(C)CC(c1ccccc1)C(C)(C)C(C)(C)C(=O)Nc1ccc(N=N/C(C(=O)Nc2ccccc2)=C(\C)O)cc1. The van der Waals surface area contributed by atoms with Crippen LogP contribution in [0.3, 0.4) is 0 Å². The molecule has 3 aromatic rings. The number of aliphatic hydroxyl groups is 1. The summed E-state index contributed by atoms with van der Waals surface area (Å²) >= 11 is 0. The van der Waals surface area contributed by atoms with Gasteiger partial charge in [0.2, 0.25) is 5.91 Å². The number of nitrogens with zero attached hydrogens (tertiary/aromatic N) is 2. The molecule has 2 amide bonds. The van der Waals surface area contributed by atoms with Crippen molar-refractivity contribution in [2.45, 2.75) is 74.1 Å². The largest absolute Gasteiger partial charge is 0.510 e. The third-order valence-electron chi connectivity index (χ3n) is 8.95. The molecule has 0 radical (unpaired) electrons. The van der Waals surface area contributed by atoms with Crippen LogP contribution in [0.15, 0.2) is 107 Å². The second-order valence-corrected chi connectivity index (χ2v) is 13.0. The van der Waals surface area contributed by atoms with Gasteiger partial charge in [0.25, 0.3) is 5.91 Å². The van der Waals surface area contributed by atoms with E-state index in [1.165, 1.54) is 12.5 Å². The monoisotopic (exact) mass is 582 g/mol. The van der Waals surface area contributed by atoms with E-state index in [1.54, 1.807) is 48.5 Å². The molecule has 0 heterocycles. The smallest absolute Gasteiger partial charge is 0.279 e. The van der Waals surface area contributed by atoms with E-state index in [-0.39, 0.29) is 34.1 Å². The molecule has 1 unspecified atom stereocenters. The lowest BCUT2D eigenvalue weighted by Gasteiger charge is -2.48. The van der Waals surface area contributed by atoms with E-state index in [9.17, 15) is 14.7 Å². The van der Waals surface area contributed by atoms with Gasteiger partial charge in [-0.25, -0.2) is 0 Å². The molecule has 228 valence electrons. The number of rotatable bonds is 12. The number of hydrogen-bond acceptors (Lipinski definition) is 5. The van der Waals surface area contributed by atoms with Gasteiger partial charge in [-0.15, -0.1) is 5.11 Å². The van der Waals surface area contributed by atoms with Crippen LogP contribution in [0.4, 0.5) is 17.1 Å². The minimum atomic E-state index is -0.708. The molecular weight excluding hydrogens is 536 g/mol. The van der Waals surface area contributed by atoms with E-state index in [1.807, 2.05) is 26.0 Å². The third kappa shape index (κ3) is 8.40. The van der Waals surface area contributed by atoms with Crippen LogP contribution in [-0.4, -0.2) is 16.9 Å². The van der Waals surface area contributed by atoms with E-state index >= 15 is 0 Å². The lowest BCUT2D eigenvalue weighted by molar-refractivity contribution is -0.131. The molecule has 1 atom stereocenters. The van der Waals surface area contributed by atoms with Crippen LogP contribution in [-0.2, 0) is 9.59 Å². The lowest BCUT2D eigenvalue weighted by atomic mass is 9.56. The van der Waals surface area contributed by atoms with Gasteiger partial charge in [-0.05, 0) is 72.1 Å². The maximum Gasteiger partial charge on any atom is 0.279 e. The molecule has 3 aromatic carbocycles. The van der Waals surface area contributed by atoms with Gasteiger partial charge in [0.05, 0.1) is 5.69 Å². The van der Waals surface area contributed by atoms with E-state index in [4.69, 9.17) is 0 Å². The van der Waals surface area contributed by atoms with Gasteiger partial charge in [0.1, 0.15) is 5.76 Å². The summed E-state index contributed by atoms with van der Waals surface area (Å²) in [5, 5.41) is 23.9. The molecule has 0 fully saturated rings. The Kier molecular flexibility index (Phi) is 10.7. The maximum absolute atomic E-state index is 13.8.